The average molecular weight is 447 g/mol. The van der Waals surface area contributed by atoms with Crippen LogP contribution in [0, 0.1) is 5.92 Å². The monoisotopic (exact) mass is 446 g/mol. The zero-order chi connectivity index (χ0) is 23.2. The number of nitrogens with one attached hydrogen (secondary N) is 1. The van der Waals surface area contributed by atoms with Crippen molar-refractivity contribution in [2.24, 2.45) is 5.92 Å². The summed E-state index contributed by atoms with van der Waals surface area (Å²) in [7, 11) is 0. The van der Waals surface area contributed by atoms with Gasteiger partial charge in [0, 0.05) is 23.1 Å². The minimum absolute atomic E-state index is 0.0350. The van der Waals surface area contributed by atoms with E-state index in [4.69, 9.17) is 0 Å². The van der Waals surface area contributed by atoms with Crippen LogP contribution in [0.1, 0.15) is 90.1 Å². The van der Waals surface area contributed by atoms with Crippen molar-refractivity contribution in [1.29, 1.82) is 0 Å². The summed E-state index contributed by atoms with van der Waals surface area (Å²) in [6.45, 7) is 7.40. The van der Waals surface area contributed by atoms with Gasteiger partial charge in [-0.25, -0.2) is 0 Å². The van der Waals surface area contributed by atoms with E-state index in [1.807, 2.05) is 25.1 Å². The van der Waals surface area contributed by atoms with Gasteiger partial charge in [-0.2, -0.15) is 0 Å². The Morgan fingerprint density at radius 2 is 1.85 bits per heavy atom. The topological polar surface area (TPSA) is 49.4 Å². The first-order valence-electron chi connectivity index (χ1n) is 12.8. The van der Waals surface area contributed by atoms with Gasteiger partial charge in [-0.1, -0.05) is 49.7 Å². The molecular formula is C29H38N2O2. The molecule has 4 rings (SSSR count). The van der Waals surface area contributed by atoms with E-state index in [9.17, 15) is 9.59 Å². The van der Waals surface area contributed by atoms with E-state index in [-0.39, 0.29) is 23.7 Å². The minimum Gasteiger partial charge on any atom is -0.350 e. The van der Waals surface area contributed by atoms with Crippen LogP contribution in [0.4, 0.5) is 0 Å². The molecule has 2 aromatic rings. The number of benzene rings is 2. The van der Waals surface area contributed by atoms with Gasteiger partial charge in [-0.3, -0.25) is 9.59 Å². The maximum Gasteiger partial charge on any atom is 0.251 e. The van der Waals surface area contributed by atoms with Gasteiger partial charge in [0.25, 0.3) is 5.91 Å². The molecule has 4 heteroatoms. The predicted octanol–water partition coefficient (Wildman–Crippen LogP) is 5.62. The van der Waals surface area contributed by atoms with Crippen LogP contribution < -0.4 is 5.32 Å². The molecule has 0 bridgehead atoms. The molecule has 1 N–H and O–H groups in total. The van der Waals surface area contributed by atoms with Crippen LogP contribution in [-0.2, 0) is 6.42 Å². The maximum absolute atomic E-state index is 13.2. The van der Waals surface area contributed by atoms with Crippen molar-refractivity contribution in [3.63, 3.8) is 0 Å². The van der Waals surface area contributed by atoms with Crippen LogP contribution in [0.15, 0.2) is 48.5 Å². The van der Waals surface area contributed by atoms with E-state index in [0.717, 1.165) is 62.9 Å². The van der Waals surface area contributed by atoms with Gasteiger partial charge in [0.2, 0.25) is 0 Å². The summed E-state index contributed by atoms with van der Waals surface area (Å²) in [5.41, 5.74) is 4.00. The summed E-state index contributed by atoms with van der Waals surface area (Å²) in [6.07, 6.45) is 7.13. The second kappa shape index (κ2) is 11.1. The van der Waals surface area contributed by atoms with Crippen LogP contribution in [0.2, 0.25) is 0 Å². The highest BCUT2D eigenvalue weighted by molar-refractivity contribution is 6.02. The molecule has 176 valence electrons. The number of aryl methyl sites for hydroxylation is 1. The molecule has 1 aliphatic carbocycles. The molecule has 2 atom stereocenters. The minimum atomic E-state index is -0.0350. The molecule has 0 saturated carbocycles. The first-order chi connectivity index (χ1) is 16.0. The Balaban J connectivity index is 1.28. The summed E-state index contributed by atoms with van der Waals surface area (Å²) in [5.74, 6) is 1.00. The largest absolute Gasteiger partial charge is 0.350 e. The molecule has 0 radical (unpaired) electrons. The molecule has 1 aliphatic heterocycles. The van der Waals surface area contributed by atoms with Crippen molar-refractivity contribution in [3.05, 3.63) is 70.8 Å². The molecule has 1 heterocycles. The molecule has 33 heavy (non-hydrogen) atoms. The Bertz CT molecular complexity index is 947. The van der Waals surface area contributed by atoms with E-state index in [1.54, 1.807) is 0 Å². The Kier molecular flexibility index (Phi) is 7.97. The summed E-state index contributed by atoms with van der Waals surface area (Å²) < 4.78 is 0. The zero-order valence-electron chi connectivity index (χ0n) is 20.2. The Morgan fingerprint density at radius 3 is 2.58 bits per heavy atom. The number of likely N-dealkylation sites (tertiary alicyclic amines) is 1. The van der Waals surface area contributed by atoms with Gasteiger partial charge >= 0.3 is 0 Å². The molecule has 4 nitrogen and oxygen atoms in total. The molecule has 2 aliphatic rings. The van der Waals surface area contributed by atoms with Crippen LogP contribution in [0.3, 0.4) is 0 Å². The Hall–Kier alpha value is -2.46. The van der Waals surface area contributed by atoms with Gasteiger partial charge in [0.1, 0.15) is 0 Å². The lowest BCUT2D eigenvalue weighted by Crippen LogP contribution is -2.36. The normalized spacial score (nSPS) is 20.3. The van der Waals surface area contributed by atoms with Crippen molar-refractivity contribution in [2.45, 2.75) is 70.8 Å². The number of carbonyl (C=O) groups is 2. The fraction of sp³-hybridized carbons (Fsp3) is 0.517. The molecular weight excluding hydrogens is 408 g/mol. The zero-order valence-corrected chi connectivity index (χ0v) is 20.2. The second-order valence-corrected chi connectivity index (χ2v) is 9.95. The van der Waals surface area contributed by atoms with Crippen molar-refractivity contribution in [3.8, 4) is 0 Å². The number of hydrogen-bond donors (Lipinski definition) is 1. The van der Waals surface area contributed by atoms with Gasteiger partial charge in [-0.05, 0) is 94.3 Å². The molecule has 2 aromatic carbocycles. The van der Waals surface area contributed by atoms with Gasteiger partial charge in [0.05, 0.1) is 0 Å². The summed E-state index contributed by atoms with van der Waals surface area (Å²) >= 11 is 0. The van der Waals surface area contributed by atoms with Crippen molar-refractivity contribution in [1.82, 2.24) is 10.2 Å². The van der Waals surface area contributed by atoms with E-state index in [2.05, 4.69) is 47.5 Å². The fourth-order valence-electron chi connectivity index (χ4n) is 5.50. The number of Topliss-reactive ketones (excluding diaryl/α,β-unsaturated/α-hetero) is 1. The highest BCUT2D eigenvalue weighted by Crippen LogP contribution is 2.31. The standard InChI is InChI=1S/C29H38N2O2/c1-3-7-21(2)30-29(33)26-12-13-27-25(20-26)11-10-24(28(27)32)16-19-31-17-14-23(15-18-31)22-8-5-4-6-9-22/h4-6,8-9,12-13,20-21,23-24H,3,7,10-11,14-19H2,1-2H3,(H,30,33). The van der Waals surface area contributed by atoms with Gasteiger partial charge in [-0.15, -0.1) is 0 Å². The first kappa shape index (κ1) is 23.7. The quantitative estimate of drug-likeness (QED) is 0.573. The number of rotatable bonds is 8. The number of nitrogens with zero attached hydrogens (tertiary/aromatic N) is 1. The Labute approximate surface area is 198 Å². The van der Waals surface area contributed by atoms with Crippen molar-refractivity contribution in [2.75, 3.05) is 19.6 Å². The third kappa shape index (κ3) is 5.92. The average Bonchev–Trinajstić information content (AvgIpc) is 2.84. The number of ketones is 1. The Morgan fingerprint density at radius 1 is 1.09 bits per heavy atom. The number of hydrogen-bond acceptors (Lipinski definition) is 3. The molecule has 1 amide bonds. The maximum atomic E-state index is 13.2. The van der Waals surface area contributed by atoms with E-state index >= 15 is 0 Å². The first-order valence-corrected chi connectivity index (χ1v) is 12.8. The molecule has 2 unspecified atom stereocenters. The van der Waals surface area contributed by atoms with Crippen molar-refractivity contribution >= 4 is 11.7 Å². The van der Waals surface area contributed by atoms with Crippen LogP contribution in [-0.4, -0.2) is 42.3 Å². The van der Waals surface area contributed by atoms with E-state index in [1.165, 1.54) is 18.4 Å². The lowest BCUT2D eigenvalue weighted by molar-refractivity contribution is 0.0874. The molecule has 1 fully saturated rings. The molecule has 0 spiro atoms. The van der Waals surface area contributed by atoms with Gasteiger partial charge in [0.15, 0.2) is 5.78 Å². The SMILES string of the molecule is CCCC(C)NC(=O)c1ccc2c(c1)CCC(CCN1CCC(c3ccccc3)CC1)C2=O. The molecule has 0 aromatic heterocycles. The summed E-state index contributed by atoms with van der Waals surface area (Å²) in [6, 6.07) is 16.7. The predicted molar refractivity (Wildman–Crippen MR) is 134 cm³/mol. The van der Waals surface area contributed by atoms with Gasteiger partial charge < -0.3 is 10.2 Å². The lowest BCUT2D eigenvalue weighted by Gasteiger charge is -2.33. The third-order valence-electron chi connectivity index (χ3n) is 7.52. The summed E-state index contributed by atoms with van der Waals surface area (Å²) in [4.78, 5) is 28.2. The smallest absolute Gasteiger partial charge is 0.251 e. The number of amides is 1. The third-order valence-corrected chi connectivity index (χ3v) is 7.52. The highest BCUT2D eigenvalue weighted by Gasteiger charge is 2.29. The number of fused-ring (bicyclic) bond motifs is 1. The van der Waals surface area contributed by atoms with Crippen LogP contribution >= 0.6 is 0 Å². The van der Waals surface area contributed by atoms with Crippen LogP contribution in [0.25, 0.3) is 0 Å². The number of carbonyl (C=O) groups excluding carboxylic acids is 2. The van der Waals surface area contributed by atoms with Crippen LogP contribution in [0.5, 0.6) is 0 Å². The van der Waals surface area contributed by atoms with E-state index < -0.39 is 0 Å². The van der Waals surface area contributed by atoms with E-state index in [0.29, 0.717) is 11.5 Å². The lowest BCUT2D eigenvalue weighted by atomic mass is 9.80. The fourth-order valence-corrected chi connectivity index (χ4v) is 5.50. The molecule has 1 saturated heterocycles. The van der Waals surface area contributed by atoms with Crippen molar-refractivity contribution < 1.29 is 9.59 Å². The second-order valence-electron chi connectivity index (χ2n) is 9.95. The summed E-state index contributed by atoms with van der Waals surface area (Å²) in [5, 5.41) is 3.06. The highest BCUT2D eigenvalue weighted by atomic mass is 16.1. The number of piperidine rings is 1.